The van der Waals surface area contributed by atoms with Crippen LogP contribution in [0.25, 0.3) is 10.8 Å². The third-order valence-electron chi connectivity index (χ3n) is 7.38. The summed E-state index contributed by atoms with van der Waals surface area (Å²) < 4.78 is 29.6. The van der Waals surface area contributed by atoms with E-state index in [1.165, 1.54) is 4.31 Å². The maximum Gasteiger partial charge on any atom is 0.245 e. The molecule has 0 spiro atoms. The fourth-order valence-electron chi connectivity index (χ4n) is 4.91. The second-order valence-corrected chi connectivity index (χ2v) is 13.6. The van der Waals surface area contributed by atoms with Gasteiger partial charge in [0.15, 0.2) is 0 Å². The molecule has 44 heavy (non-hydrogen) atoms. The predicted molar refractivity (Wildman–Crippen MR) is 172 cm³/mol. The maximum absolute atomic E-state index is 14.2. The molecule has 0 bridgehead atoms. The first-order chi connectivity index (χ1) is 21.1. The van der Waals surface area contributed by atoms with Gasteiger partial charge in [-0.1, -0.05) is 80.4 Å². The van der Waals surface area contributed by atoms with E-state index in [9.17, 15) is 23.1 Å². The van der Waals surface area contributed by atoms with Gasteiger partial charge < -0.3 is 15.7 Å². The molecule has 1 unspecified atom stereocenters. The highest BCUT2D eigenvalue weighted by molar-refractivity contribution is 7.89. The average molecular weight is 619 g/mol. The first-order valence-corrected chi connectivity index (χ1v) is 16.6. The van der Waals surface area contributed by atoms with Crippen molar-refractivity contribution in [2.75, 3.05) is 19.6 Å². The Labute approximate surface area is 260 Å². The molecule has 1 atom stereocenters. The summed E-state index contributed by atoms with van der Waals surface area (Å²) in [5, 5.41) is 22.3. The first kappa shape index (κ1) is 33.1. The lowest BCUT2D eigenvalue weighted by atomic mass is 9.98. The van der Waals surface area contributed by atoms with Crippen LogP contribution in [-0.4, -0.2) is 61.0 Å². The second kappa shape index (κ2) is 15.3. The second-order valence-electron chi connectivity index (χ2n) is 11.7. The number of sulfonamides is 1. The van der Waals surface area contributed by atoms with Crippen LogP contribution < -0.4 is 16.0 Å². The topological polar surface area (TPSA) is 128 Å². The van der Waals surface area contributed by atoms with Crippen molar-refractivity contribution in [1.29, 1.82) is 0 Å². The molecule has 1 aliphatic rings. The fraction of sp³-hybridized carbons (Fsp3) is 0.412. The summed E-state index contributed by atoms with van der Waals surface area (Å²) in [6.07, 6.45) is 2.55. The van der Waals surface area contributed by atoms with E-state index in [2.05, 4.69) is 27.9 Å². The molecule has 1 fully saturated rings. The number of hydrogen-bond donors (Lipinski definition) is 4. The van der Waals surface area contributed by atoms with Crippen LogP contribution >= 0.6 is 0 Å². The van der Waals surface area contributed by atoms with Gasteiger partial charge in [0.2, 0.25) is 21.8 Å². The molecule has 4 rings (SSSR count). The SMILES string of the molecule is CC(C)CN(C(O)(CCNC(=O)CCC#CNC(=O)CNC1CC1)Cc1ccccc1)S(=O)(=O)c1ccc2ccccc2c1. The largest absolute Gasteiger partial charge is 0.374 e. The standard InChI is InChI=1S/C34H42N4O5S/c1-26(2)25-38(44(42,43)31-18-15-28-12-6-7-13-29(28)22-31)34(41,23-27-10-4-3-5-11-27)19-21-36-32(39)14-8-9-20-35-33(40)24-37-30-16-17-30/h3-7,10-13,15,18,22,26,30,37,41H,8,14,16-17,19,21,23-25H2,1-2H3,(H,35,40)(H,36,39). The lowest BCUT2D eigenvalue weighted by Gasteiger charge is -2.40. The molecule has 10 heteroatoms. The molecule has 9 nitrogen and oxygen atoms in total. The van der Waals surface area contributed by atoms with Gasteiger partial charge in [0, 0.05) is 50.9 Å². The highest BCUT2D eigenvalue weighted by Gasteiger charge is 2.43. The summed E-state index contributed by atoms with van der Waals surface area (Å²) in [4.78, 5) is 24.4. The fourth-order valence-corrected chi connectivity index (χ4v) is 6.78. The van der Waals surface area contributed by atoms with Gasteiger partial charge in [-0.15, -0.1) is 0 Å². The lowest BCUT2D eigenvalue weighted by molar-refractivity contribution is -0.121. The van der Waals surface area contributed by atoms with Gasteiger partial charge in [-0.05, 0) is 47.2 Å². The predicted octanol–water partition coefficient (Wildman–Crippen LogP) is 3.53. The maximum atomic E-state index is 14.2. The van der Waals surface area contributed by atoms with E-state index in [1.54, 1.807) is 18.2 Å². The number of rotatable bonds is 15. The molecule has 0 radical (unpaired) electrons. The highest BCUT2D eigenvalue weighted by Crippen LogP contribution is 2.31. The molecule has 0 saturated heterocycles. The Bertz CT molecular complexity index is 1600. The van der Waals surface area contributed by atoms with Crippen LogP contribution in [0.1, 0.15) is 51.5 Å². The van der Waals surface area contributed by atoms with Gasteiger partial charge in [-0.25, -0.2) is 8.42 Å². The van der Waals surface area contributed by atoms with Crippen LogP contribution in [0.2, 0.25) is 0 Å². The summed E-state index contributed by atoms with van der Waals surface area (Å²) in [7, 11) is -4.14. The van der Waals surface area contributed by atoms with Crippen molar-refractivity contribution in [3.05, 3.63) is 78.4 Å². The number of carbonyl (C=O) groups is 2. The van der Waals surface area contributed by atoms with Gasteiger partial charge in [0.25, 0.3) is 0 Å². The molecular formula is C34H42N4O5S. The molecule has 0 heterocycles. The van der Waals surface area contributed by atoms with Gasteiger partial charge in [-0.3, -0.25) is 14.9 Å². The number of carbonyl (C=O) groups excluding carboxylic acids is 2. The van der Waals surface area contributed by atoms with Crippen LogP contribution in [0.5, 0.6) is 0 Å². The minimum atomic E-state index is -4.14. The van der Waals surface area contributed by atoms with Crippen molar-refractivity contribution in [1.82, 2.24) is 20.3 Å². The van der Waals surface area contributed by atoms with Crippen LogP contribution in [-0.2, 0) is 26.0 Å². The summed E-state index contributed by atoms with van der Waals surface area (Å²) in [5.41, 5.74) is -1.05. The van der Waals surface area contributed by atoms with E-state index in [-0.39, 0.29) is 67.9 Å². The molecule has 1 saturated carbocycles. The Morgan fingerprint density at radius 3 is 2.41 bits per heavy atom. The molecule has 3 aromatic carbocycles. The van der Waals surface area contributed by atoms with Crippen molar-refractivity contribution < 1.29 is 23.1 Å². The Morgan fingerprint density at radius 1 is 1.00 bits per heavy atom. The number of fused-ring (bicyclic) bond motifs is 1. The van der Waals surface area contributed by atoms with Gasteiger partial charge in [-0.2, -0.15) is 4.31 Å². The van der Waals surface area contributed by atoms with Crippen molar-refractivity contribution in [2.24, 2.45) is 5.92 Å². The Hall–Kier alpha value is -3.75. The molecule has 234 valence electrons. The summed E-state index contributed by atoms with van der Waals surface area (Å²) in [6, 6.07) is 24.8. The van der Waals surface area contributed by atoms with Crippen LogP contribution in [0.15, 0.2) is 77.7 Å². The zero-order valence-electron chi connectivity index (χ0n) is 25.4. The van der Waals surface area contributed by atoms with Gasteiger partial charge in [0.1, 0.15) is 5.72 Å². The Morgan fingerprint density at radius 2 is 1.70 bits per heavy atom. The van der Waals surface area contributed by atoms with E-state index in [4.69, 9.17) is 0 Å². The van der Waals surface area contributed by atoms with E-state index in [0.29, 0.717) is 6.04 Å². The summed E-state index contributed by atoms with van der Waals surface area (Å²) >= 11 is 0. The smallest absolute Gasteiger partial charge is 0.245 e. The first-order valence-electron chi connectivity index (χ1n) is 15.1. The molecular weight excluding hydrogens is 576 g/mol. The van der Waals surface area contributed by atoms with Crippen LogP contribution in [0.4, 0.5) is 0 Å². The zero-order valence-corrected chi connectivity index (χ0v) is 26.2. The van der Waals surface area contributed by atoms with Gasteiger partial charge >= 0.3 is 0 Å². The monoisotopic (exact) mass is 618 g/mol. The zero-order chi connectivity index (χ0) is 31.6. The minimum absolute atomic E-state index is 0.0249. The van der Waals surface area contributed by atoms with Gasteiger partial charge in [0.05, 0.1) is 11.4 Å². The third-order valence-corrected chi connectivity index (χ3v) is 9.30. The number of amides is 2. The van der Waals surface area contributed by atoms with Crippen molar-refractivity contribution in [3.8, 4) is 12.0 Å². The Balaban J connectivity index is 1.45. The summed E-state index contributed by atoms with van der Waals surface area (Å²) in [5.74, 6) is 2.20. The quantitative estimate of drug-likeness (QED) is 0.117. The van der Waals surface area contributed by atoms with Crippen molar-refractivity contribution in [3.63, 3.8) is 0 Å². The van der Waals surface area contributed by atoms with Crippen molar-refractivity contribution >= 4 is 32.6 Å². The number of hydrogen-bond acceptors (Lipinski definition) is 6. The Kier molecular flexibility index (Phi) is 11.5. The molecule has 0 aliphatic heterocycles. The third kappa shape index (κ3) is 9.63. The van der Waals surface area contributed by atoms with Crippen LogP contribution in [0, 0.1) is 17.9 Å². The lowest BCUT2D eigenvalue weighted by Crippen LogP contribution is -2.55. The van der Waals surface area contributed by atoms with Crippen molar-refractivity contribution in [2.45, 2.75) is 69.0 Å². The van der Waals surface area contributed by atoms with E-state index in [1.807, 2.05) is 68.4 Å². The molecule has 4 N–H and O–H groups in total. The van der Waals surface area contributed by atoms with Crippen LogP contribution in [0.3, 0.4) is 0 Å². The average Bonchev–Trinajstić information content (AvgIpc) is 3.83. The number of aliphatic hydroxyl groups is 1. The minimum Gasteiger partial charge on any atom is -0.374 e. The summed E-state index contributed by atoms with van der Waals surface area (Å²) in [6.45, 7) is 4.17. The number of benzene rings is 3. The van der Waals surface area contributed by atoms with E-state index in [0.717, 1.165) is 29.2 Å². The number of nitrogens with one attached hydrogen (secondary N) is 3. The van der Waals surface area contributed by atoms with E-state index < -0.39 is 15.7 Å². The molecule has 0 aromatic heterocycles. The molecule has 2 amide bonds. The molecule has 1 aliphatic carbocycles. The molecule has 3 aromatic rings. The normalized spacial score (nSPS) is 14.6. The highest BCUT2D eigenvalue weighted by atomic mass is 32.2. The number of nitrogens with zero attached hydrogens (tertiary/aromatic N) is 1. The van der Waals surface area contributed by atoms with E-state index >= 15 is 0 Å².